The van der Waals surface area contributed by atoms with Gasteiger partial charge in [-0.2, -0.15) is 0 Å². The minimum absolute atomic E-state index is 0.119. The maximum Gasteiger partial charge on any atom is 0.311 e. The van der Waals surface area contributed by atoms with E-state index in [2.05, 4.69) is 6.07 Å². The maximum absolute atomic E-state index is 12.4. The van der Waals surface area contributed by atoms with Crippen LogP contribution in [0.25, 0.3) is 0 Å². The molecule has 0 saturated heterocycles. The molecule has 6 heteroatoms. The predicted octanol–water partition coefficient (Wildman–Crippen LogP) is 2.87. The van der Waals surface area contributed by atoms with Gasteiger partial charge in [-0.15, -0.1) is 0 Å². The van der Waals surface area contributed by atoms with Crippen LogP contribution < -0.4 is 4.74 Å². The highest BCUT2D eigenvalue weighted by atomic mass is 16.6. The molecule has 0 N–H and O–H groups in total. The molecule has 1 aliphatic heterocycles. The normalized spacial score (nSPS) is 13.3. The Hall–Kier alpha value is -2.89. The lowest BCUT2D eigenvalue weighted by Crippen LogP contribution is -2.38. The fraction of sp³-hybridized carbons (Fsp3) is 0.278. The summed E-state index contributed by atoms with van der Waals surface area (Å²) in [6.07, 6.45) is 0.812. The first-order valence-corrected chi connectivity index (χ1v) is 7.77. The molecule has 0 aromatic heterocycles. The number of fused-ring (bicyclic) bond motifs is 1. The molecule has 1 aliphatic rings. The Balaban J connectivity index is 1.66. The van der Waals surface area contributed by atoms with Crippen LogP contribution in [0, 0.1) is 17.0 Å². The molecule has 24 heavy (non-hydrogen) atoms. The summed E-state index contributed by atoms with van der Waals surface area (Å²) in [7, 11) is 0. The summed E-state index contributed by atoms with van der Waals surface area (Å²) in [6.45, 7) is 2.75. The zero-order valence-corrected chi connectivity index (χ0v) is 13.4. The van der Waals surface area contributed by atoms with Gasteiger partial charge in [0.1, 0.15) is 0 Å². The van der Waals surface area contributed by atoms with Gasteiger partial charge in [-0.25, -0.2) is 0 Å². The van der Waals surface area contributed by atoms with Crippen LogP contribution in [0.4, 0.5) is 5.69 Å². The van der Waals surface area contributed by atoms with Gasteiger partial charge in [0.15, 0.2) is 12.4 Å². The largest absolute Gasteiger partial charge is 0.477 e. The number of hydrogen-bond donors (Lipinski definition) is 0. The number of nitro groups is 1. The minimum atomic E-state index is -0.496. The van der Waals surface area contributed by atoms with E-state index < -0.39 is 4.92 Å². The Labute approximate surface area is 139 Å². The average molecular weight is 326 g/mol. The van der Waals surface area contributed by atoms with Gasteiger partial charge in [-0.05, 0) is 36.1 Å². The van der Waals surface area contributed by atoms with E-state index in [4.69, 9.17) is 4.74 Å². The third-order valence-electron chi connectivity index (χ3n) is 4.15. The number of amides is 1. The molecule has 124 valence electrons. The Morgan fingerprint density at radius 1 is 1.25 bits per heavy atom. The molecule has 0 saturated carbocycles. The molecule has 0 atom stereocenters. The summed E-state index contributed by atoms with van der Waals surface area (Å²) in [5.41, 5.74) is 3.05. The number of hydrogen-bond acceptors (Lipinski definition) is 4. The highest BCUT2D eigenvalue weighted by molar-refractivity contribution is 5.78. The second-order valence-corrected chi connectivity index (χ2v) is 5.85. The molecule has 2 aromatic rings. The third kappa shape index (κ3) is 3.37. The standard InChI is InChI=1S/C18H18N2O4/c1-13-6-7-17(16(10-13)20(22)23)24-12-18(21)19-9-8-14-4-2-3-5-15(14)11-19/h2-7,10H,8-9,11-12H2,1H3. The van der Waals surface area contributed by atoms with Crippen molar-refractivity contribution in [2.24, 2.45) is 0 Å². The maximum atomic E-state index is 12.4. The van der Waals surface area contributed by atoms with Gasteiger partial charge in [-0.1, -0.05) is 30.3 Å². The van der Waals surface area contributed by atoms with Crippen molar-refractivity contribution in [3.8, 4) is 5.75 Å². The number of ether oxygens (including phenoxy) is 1. The van der Waals surface area contributed by atoms with Crippen molar-refractivity contribution in [2.45, 2.75) is 19.9 Å². The van der Waals surface area contributed by atoms with Crippen molar-refractivity contribution in [1.82, 2.24) is 4.90 Å². The van der Waals surface area contributed by atoms with Gasteiger partial charge in [0, 0.05) is 19.2 Å². The van der Waals surface area contributed by atoms with E-state index in [0.29, 0.717) is 13.1 Å². The molecular weight excluding hydrogens is 308 g/mol. The molecule has 0 bridgehead atoms. The Bertz CT molecular complexity index is 788. The smallest absolute Gasteiger partial charge is 0.311 e. The first kappa shape index (κ1) is 16.0. The van der Waals surface area contributed by atoms with Gasteiger partial charge < -0.3 is 9.64 Å². The fourth-order valence-electron chi connectivity index (χ4n) is 2.83. The van der Waals surface area contributed by atoms with Gasteiger partial charge >= 0.3 is 5.69 Å². The molecule has 6 nitrogen and oxygen atoms in total. The Morgan fingerprint density at radius 2 is 2.00 bits per heavy atom. The van der Waals surface area contributed by atoms with Gasteiger partial charge in [0.2, 0.25) is 0 Å². The Morgan fingerprint density at radius 3 is 2.75 bits per heavy atom. The molecule has 0 fully saturated rings. The highest BCUT2D eigenvalue weighted by Gasteiger charge is 2.22. The number of nitrogens with zero attached hydrogens (tertiary/aromatic N) is 2. The molecule has 1 heterocycles. The molecule has 0 unspecified atom stereocenters. The van der Waals surface area contributed by atoms with Crippen LogP contribution in [-0.4, -0.2) is 28.9 Å². The first-order valence-electron chi connectivity index (χ1n) is 7.77. The number of rotatable bonds is 4. The van der Waals surface area contributed by atoms with Crippen LogP contribution in [0.3, 0.4) is 0 Å². The topological polar surface area (TPSA) is 72.7 Å². The third-order valence-corrected chi connectivity index (χ3v) is 4.15. The van der Waals surface area contributed by atoms with E-state index in [1.807, 2.05) is 18.2 Å². The summed E-state index contributed by atoms with van der Waals surface area (Å²) in [4.78, 5) is 24.7. The lowest BCUT2D eigenvalue weighted by molar-refractivity contribution is -0.385. The van der Waals surface area contributed by atoms with Gasteiger partial charge in [0.25, 0.3) is 5.91 Å². The number of benzene rings is 2. The number of aryl methyl sites for hydroxylation is 1. The average Bonchev–Trinajstić information content (AvgIpc) is 2.59. The van der Waals surface area contributed by atoms with Crippen LogP contribution in [0.2, 0.25) is 0 Å². The van der Waals surface area contributed by atoms with E-state index in [1.165, 1.54) is 17.7 Å². The zero-order chi connectivity index (χ0) is 17.1. The summed E-state index contributed by atoms with van der Waals surface area (Å²) < 4.78 is 5.42. The van der Waals surface area contributed by atoms with Crippen LogP contribution in [0.15, 0.2) is 42.5 Å². The van der Waals surface area contributed by atoms with Crippen molar-refractivity contribution in [3.63, 3.8) is 0 Å². The van der Waals surface area contributed by atoms with E-state index in [9.17, 15) is 14.9 Å². The molecule has 3 rings (SSSR count). The van der Waals surface area contributed by atoms with Crippen molar-refractivity contribution < 1.29 is 14.5 Å². The van der Waals surface area contributed by atoms with Crippen molar-refractivity contribution in [1.29, 1.82) is 0 Å². The highest BCUT2D eigenvalue weighted by Crippen LogP contribution is 2.28. The second-order valence-electron chi connectivity index (χ2n) is 5.85. The number of nitro benzene ring substituents is 1. The zero-order valence-electron chi connectivity index (χ0n) is 13.4. The summed E-state index contributed by atoms with van der Waals surface area (Å²) >= 11 is 0. The molecule has 1 amide bonds. The summed E-state index contributed by atoms with van der Waals surface area (Å²) in [5.74, 6) is -0.0456. The van der Waals surface area contributed by atoms with Crippen molar-refractivity contribution >= 4 is 11.6 Å². The number of carbonyl (C=O) groups is 1. The fourth-order valence-corrected chi connectivity index (χ4v) is 2.83. The number of carbonyl (C=O) groups excluding carboxylic acids is 1. The first-order chi connectivity index (χ1) is 11.5. The molecule has 0 spiro atoms. The van der Waals surface area contributed by atoms with Crippen LogP contribution >= 0.6 is 0 Å². The van der Waals surface area contributed by atoms with Crippen molar-refractivity contribution in [2.75, 3.05) is 13.2 Å². The van der Waals surface area contributed by atoms with E-state index in [0.717, 1.165) is 17.5 Å². The second kappa shape index (κ2) is 6.70. The molecule has 0 aliphatic carbocycles. The van der Waals surface area contributed by atoms with E-state index in [-0.39, 0.29) is 24.0 Å². The van der Waals surface area contributed by atoms with Gasteiger partial charge in [0.05, 0.1) is 4.92 Å². The summed E-state index contributed by atoms with van der Waals surface area (Å²) in [6, 6.07) is 12.7. The monoisotopic (exact) mass is 326 g/mol. The Kier molecular flexibility index (Phi) is 4.46. The lowest BCUT2D eigenvalue weighted by Gasteiger charge is -2.28. The van der Waals surface area contributed by atoms with Crippen LogP contribution in [0.1, 0.15) is 16.7 Å². The summed E-state index contributed by atoms with van der Waals surface area (Å²) in [5, 5.41) is 11.1. The van der Waals surface area contributed by atoms with Gasteiger partial charge in [-0.3, -0.25) is 14.9 Å². The lowest BCUT2D eigenvalue weighted by atomic mass is 10.00. The van der Waals surface area contributed by atoms with E-state index >= 15 is 0 Å². The van der Waals surface area contributed by atoms with Crippen LogP contribution in [-0.2, 0) is 17.8 Å². The molecule has 2 aromatic carbocycles. The predicted molar refractivity (Wildman–Crippen MR) is 88.9 cm³/mol. The van der Waals surface area contributed by atoms with Crippen LogP contribution in [0.5, 0.6) is 5.75 Å². The minimum Gasteiger partial charge on any atom is -0.477 e. The SMILES string of the molecule is Cc1ccc(OCC(=O)N2CCc3ccccc3C2)c([N+](=O)[O-])c1. The molecular formula is C18H18N2O4. The molecule has 0 radical (unpaired) electrons. The van der Waals surface area contributed by atoms with Crippen molar-refractivity contribution in [3.05, 3.63) is 69.3 Å². The quantitative estimate of drug-likeness (QED) is 0.640. The van der Waals surface area contributed by atoms with E-state index in [1.54, 1.807) is 17.9 Å².